The Hall–Kier alpha value is -3.03. The molecule has 0 unspecified atom stereocenters. The van der Waals surface area contributed by atoms with Crippen LogP contribution in [0.15, 0.2) is 53.4 Å². The minimum Gasteiger partial charge on any atom is -0.473 e. The molecule has 2 aromatic carbocycles. The van der Waals surface area contributed by atoms with Crippen LogP contribution in [-0.4, -0.2) is 66.0 Å². The van der Waals surface area contributed by atoms with Crippen LogP contribution in [0.2, 0.25) is 0 Å². The number of carboxylic acid groups (broad SMARTS) is 2. The van der Waals surface area contributed by atoms with Crippen LogP contribution in [0.1, 0.15) is 11.1 Å². The van der Waals surface area contributed by atoms with E-state index in [0.29, 0.717) is 13.1 Å². The summed E-state index contributed by atoms with van der Waals surface area (Å²) in [4.78, 5) is 20.0. The average molecular weight is 492 g/mol. The zero-order valence-electron chi connectivity index (χ0n) is 17.0. The third-order valence-electron chi connectivity index (χ3n) is 4.68. The number of hydrogen-bond donors (Lipinski definition) is 2. The fourth-order valence-electron chi connectivity index (χ4n) is 3.06. The number of carbonyl (C=O) groups is 2. The molecular formula is C20H20F4N2O6S. The quantitative estimate of drug-likeness (QED) is 0.498. The first-order valence-corrected chi connectivity index (χ1v) is 10.9. The molecule has 8 nitrogen and oxygen atoms in total. The molecule has 0 bridgehead atoms. The first kappa shape index (κ1) is 26.2. The summed E-state index contributed by atoms with van der Waals surface area (Å²) in [5.41, 5.74) is -0.508. The van der Waals surface area contributed by atoms with Gasteiger partial charge in [0.05, 0.1) is 10.5 Å². The Morgan fingerprint density at radius 2 is 1.39 bits per heavy atom. The topological polar surface area (TPSA) is 115 Å². The number of carboxylic acids is 2. The van der Waals surface area contributed by atoms with Gasteiger partial charge >= 0.3 is 18.1 Å². The molecule has 0 aliphatic carbocycles. The van der Waals surface area contributed by atoms with Crippen LogP contribution in [0.25, 0.3) is 0 Å². The number of alkyl halides is 3. The molecule has 1 heterocycles. The van der Waals surface area contributed by atoms with Crippen LogP contribution in [0.4, 0.5) is 17.6 Å². The Bertz CT molecular complexity index is 1070. The monoisotopic (exact) mass is 492 g/mol. The van der Waals surface area contributed by atoms with E-state index in [1.165, 1.54) is 28.6 Å². The molecule has 1 aliphatic rings. The largest absolute Gasteiger partial charge is 0.473 e. The number of nitrogens with zero attached hydrogens (tertiary/aromatic N) is 2. The maximum Gasteiger partial charge on any atom is 0.416 e. The molecule has 1 fully saturated rings. The predicted molar refractivity (Wildman–Crippen MR) is 107 cm³/mol. The molecule has 0 aromatic heterocycles. The molecule has 0 atom stereocenters. The van der Waals surface area contributed by atoms with E-state index >= 15 is 0 Å². The van der Waals surface area contributed by atoms with Crippen molar-refractivity contribution in [2.45, 2.75) is 17.6 Å². The molecule has 0 saturated carbocycles. The lowest BCUT2D eigenvalue weighted by Crippen LogP contribution is -2.48. The van der Waals surface area contributed by atoms with Gasteiger partial charge in [0.1, 0.15) is 5.82 Å². The fourth-order valence-corrected chi connectivity index (χ4v) is 4.48. The summed E-state index contributed by atoms with van der Waals surface area (Å²) < 4.78 is 78.8. The third-order valence-corrected chi connectivity index (χ3v) is 6.60. The van der Waals surface area contributed by atoms with Gasteiger partial charge in [-0.1, -0.05) is 18.2 Å². The summed E-state index contributed by atoms with van der Waals surface area (Å²) in [6, 6.07) is 9.95. The highest BCUT2D eigenvalue weighted by Gasteiger charge is 2.34. The van der Waals surface area contributed by atoms with E-state index in [4.69, 9.17) is 19.8 Å². The van der Waals surface area contributed by atoms with Gasteiger partial charge in [-0.05, 0) is 35.9 Å². The number of rotatable bonds is 4. The third kappa shape index (κ3) is 7.23. The van der Waals surface area contributed by atoms with Gasteiger partial charge in [-0.15, -0.1) is 0 Å². The molecule has 1 aliphatic heterocycles. The highest BCUT2D eigenvalue weighted by molar-refractivity contribution is 7.89. The molecule has 0 radical (unpaired) electrons. The molecule has 180 valence electrons. The number of aliphatic carboxylic acids is 2. The van der Waals surface area contributed by atoms with Crippen LogP contribution >= 0.6 is 0 Å². The number of sulfonamides is 1. The fraction of sp³-hybridized carbons (Fsp3) is 0.300. The average Bonchev–Trinajstić information content (AvgIpc) is 2.74. The molecule has 0 amide bonds. The Morgan fingerprint density at radius 1 is 0.879 bits per heavy atom. The summed E-state index contributed by atoms with van der Waals surface area (Å²) >= 11 is 0. The van der Waals surface area contributed by atoms with Crippen molar-refractivity contribution in [1.29, 1.82) is 0 Å². The standard InChI is InChI=1S/C18H18F4N2O2S.C2H2O4/c19-15-5-7-16(8-6-15)27(25,26)24-11-9-23(10-12-24)13-14-3-1-2-4-17(14)18(20,21)22;3-1(4)2(5)6/h1-8H,9-13H2;(H,3,4)(H,5,6). The molecule has 2 aromatic rings. The van der Waals surface area contributed by atoms with Gasteiger partial charge in [0.2, 0.25) is 10.0 Å². The first-order chi connectivity index (χ1) is 15.3. The second-order valence-electron chi connectivity index (χ2n) is 6.90. The van der Waals surface area contributed by atoms with E-state index in [9.17, 15) is 26.0 Å². The predicted octanol–water partition coefficient (Wildman–Crippen LogP) is 2.51. The molecular weight excluding hydrogens is 472 g/mol. The molecule has 0 spiro atoms. The van der Waals surface area contributed by atoms with Crippen molar-refractivity contribution in [3.05, 3.63) is 65.5 Å². The van der Waals surface area contributed by atoms with Crippen molar-refractivity contribution in [1.82, 2.24) is 9.21 Å². The van der Waals surface area contributed by atoms with E-state index in [-0.39, 0.29) is 30.1 Å². The summed E-state index contributed by atoms with van der Waals surface area (Å²) in [7, 11) is -3.75. The Labute approximate surface area is 186 Å². The zero-order chi connectivity index (χ0) is 24.8. The highest BCUT2D eigenvalue weighted by Crippen LogP contribution is 2.32. The Balaban J connectivity index is 0.000000569. The second-order valence-corrected chi connectivity index (χ2v) is 8.84. The van der Waals surface area contributed by atoms with E-state index in [2.05, 4.69) is 0 Å². The summed E-state index contributed by atoms with van der Waals surface area (Å²) in [5.74, 6) is -4.17. The zero-order valence-corrected chi connectivity index (χ0v) is 17.8. The number of halogens is 4. The van der Waals surface area contributed by atoms with Crippen LogP contribution in [0.3, 0.4) is 0 Å². The molecule has 13 heteroatoms. The smallest absolute Gasteiger partial charge is 0.416 e. The van der Waals surface area contributed by atoms with Gasteiger partial charge in [0.15, 0.2) is 0 Å². The van der Waals surface area contributed by atoms with Gasteiger partial charge < -0.3 is 10.2 Å². The lowest BCUT2D eigenvalue weighted by molar-refractivity contribution is -0.159. The van der Waals surface area contributed by atoms with E-state index < -0.39 is 39.5 Å². The minimum absolute atomic E-state index is 0.000216. The molecule has 1 saturated heterocycles. The summed E-state index contributed by atoms with van der Waals surface area (Å²) in [5, 5.41) is 14.8. The van der Waals surface area contributed by atoms with Crippen LogP contribution in [0.5, 0.6) is 0 Å². The normalized spacial score (nSPS) is 15.4. The van der Waals surface area contributed by atoms with Crippen molar-refractivity contribution in [3.8, 4) is 0 Å². The van der Waals surface area contributed by atoms with Crippen molar-refractivity contribution < 1.29 is 45.8 Å². The van der Waals surface area contributed by atoms with Gasteiger partial charge in [-0.3, -0.25) is 4.90 Å². The van der Waals surface area contributed by atoms with Crippen molar-refractivity contribution in [3.63, 3.8) is 0 Å². The summed E-state index contributed by atoms with van der Waals surface area (Å²) in [6.45, 7) is 1.04. The highest BCUT2D eigenvalue weighted by atomic mass is 32.2. The van der Waals surface area contributed by atoms with Gasteiger partial charge in [0, 0.05) is 32.7 Å². The van der Waals surface area contributed by atoms with Crippen LogP contribution < -0.4 is 0 Å². The lowest BCUT2D eigenvalue weighted by Gasteiger charge is -2.34. The van der Waals surface area contributed by atoms with E-state index in [1.807, 2.05) is 0 Å². The maximum absolute atomic E-state index is 13.1. The van der Waals surface area contributed by atoms with Crippen molar-refractivity contribution in [2.75, 3.05) is 26.2 Å². The molecule has 2 N–H and O–H groups in total. The number of benzene rings is 2. The lowest BCUT2D eigenvalue weighted by atomic mass is 10.1. The van der Waals surface area contributed by atoms with Gasteiger partial charge in [-0.2, -0.15) is 17.5 Å². The van der Waals surface area contributed by atoms with Gasteiger partial charge in [0.25, 0.3) is 0 Å². The van der Waals surface area contributed by atoms with E-state index in [0.717, 1.165) is 18.2 Å². The van der Waals surface area contributed by atoms with Gasteiger partial charge in [-0.25, -0.2) is 22.4 Å². The van der Waals surface area contributed by atoms with Crippen molar-refractivity contribution >= 4 is 22.0 Å². The molecule has 3 rings (SSSR count). The minimum atomic E-state index is -4.43. The molecule has 33 heavy (non-hydrogen) atoms. The second kappa shape index (κ2) is 10.7. The van der Waals surface area contributed by atoms with E-state index in [1.54, 1.807) is 11.0 Å². The summed E-state index contributed by atoms with van der Waals surface area (Å²) in [6.07, 6.45) is -4.43. The van der Waals surface area contributed by atoms with Crippen LogP contribution in [0, 0.1) is 5.82 Å². The Kier molecular flexibility index (Phi) is 8.52. The number of hydrogen-bond acceptors (Lipinski definition) is 5. The van der Waals surface area contributed by atoms with Crippen molar-refractivity contribution in [2.24, 2.45) is 0 Å². The maximum atomic E-state index is 13.1. The number of piperazine rings is 1. The Morgan fingerprint density at radius 3 is 1.88 bits per heavy atom. The SMILES string of the molecule is O=C(O)C(=O)O.O=S(=O)(c1ccc(F)cc1)N1CCN(Cc2ccccc2C(F)(F)F)CC1. The van der Waals surface area contributed by atoms with Crippen LogP contribution in [-0.2, 0) is 32.3 Å². The first-order valence-electron chi connectivity index (χ1n) is 9.41.